The zero-order chi connectivity index (χ0) is 35.4. The molecule has 7 aromatic rings. The number of aromatic nitrogens is 4. The molecule has 3 aromatic carbocycles. The third-order valence-electron chi connectivity index (χ3n) is 7.86. The summed E-state index contributed by atoms with van der Waals surface area (Å²) >= 11 is 3.27. The topological polar surface area (TPSA) is 115 Å². The lowest BCUT2D eigenvalue weighted by atomic mass is 10.1. The lowest BCUT2D eigenvalue weighted by molar-refractivity contribution is 0.102. The Bertz CT molecular complexity index is 2250. The minimum Gasteiger partial charge on any atom is -0.493 e. The summed E-state index contributed by atoms with van der Waals surface area (Å²) in [7, 11) is 11.3. The van der Waals surface area contributed by atoms with Gasteiger partial charge in [0.05, 0.1) is 31.3 Å². The Kier molecular flexibility index (Phi) is 10.5. The molecule has 11 nitrogen and oxygen atoms in total. The van der Waals surface area contributed by atoms with Gasteiger partial charge in [-0.3, -0.25) is 13.6 Å². The zero-order valence-electron chi connectivity index (χ0n) is 28.9. The molecule has 0 aliphatic heterocycles. The Balaban J connectivity index is 0.000000194. The van der Waals surface area contributed by atoms with Gasteiger partial charge in [-0.2, -0.15) is 0 Å². The summed E-state index contributed by atoms with van der Waals surface area (Å²) in [6.07, 6.45) is 4.09. The van der Waals surface area contributed by atoms with E-state index in [-0.39, 0.29) is 5.91 Å². The number of ether oxygens (including phenoxy) is 2. The van der Waals surface area contributed by atoms with Gasteiger partial charge < -0.3 is 30.3 Å². The summed E-state index contributed by atoms with van der Waals surface area (Å²) in [4.78, 5) is 28.6. The van der Waals surface area contributed by atoms with Crippen LogP contribution in [-0.2, 0) is 13.1 Å². The Labute approximate surface area is 299 Å². The SMILES string of the molecule is CN(C)Cc1csc2nc(-c3ccccc3N)cn12.COc1ccc(C(=O)Nc2ccccc2-c2cn3c(CN(C)C)csc3n2)cc1OC. The molecule has 13 heteroatoms. The third kappa shape index (κ3) is 7.50. The summed E-state index contributed by atoms with van der Waals surface area (Å²) in [5.41, 5.74) is 14.0. The van der Waals surface area contributed by atoms with Crippen molar-refractivity contribution in [2.24, 2.45) is 0 Å². The molecule has 258 valence electrons. The number of hydrogen-bond acceptors (Lipinski definition) is 10. The quantitative estimate of drug-likeness (QED) is 0.145. The zero-order valence-corrected chi connectivity index (χ0v) is 30.5. The second kappa shape index (κ2) is 15.1. The molecule has 3 N–H and O–H groups in total. The number of hydrogen-bond donors (Lipinski definition) is 2. The number of fused-ring (bicyclic) bond motifs is 2. The Hall–Kier alpha value is -5.21. The number of para-hydroxylation sites is 2. The molecule has 7 rings (SSSR count). The molecular formula is C37H40N8O3S2. The van der Waals surface area contributed by atoms with E-state index in [1.807, 2.05) is 68.8 Å². The minimum atomic E-state index is -0.234. The van der Waals surface area contributed by atoms with Crippen LogP contribution in [0.1, 0.15) is 21.7 Å². The molecule has 0 spiro atoms. The molecule has 50 heavy (non-hydrogen) atoms. The maximum Gasteiger partial charge on any atom is 0.255 e. The number of carbonyl (C=O) groups excluding carboxylic acids is 1. The maximum atomic E-state index is 12.9. The van der Waals surface area contributed by atoms with Crippen LogP contribution in [0.25, 0.3) is 32.4 Å². The number of amides is 1. The van der Waals surface area contributed by atoms with Crippen molar-refractivity contribution in [3.8, 4) is 34.0 Å². The molecule has 0 unspecified atom stereocenters. The first-order valence-corrected chi connectivity index (χ1v) is 17.6. The number of thiazole rings is 2. The van der Waals surface area contributed by atoms with Crippen LogP contribution in [0.5, 0.6) is 11.5 Å². The molecule has 0 radical (unpaired) electrons. The van der Waals surface area contributed by atoms with Gasteiger partial charge in [-0.05, 0) is 58.5 Å². The highest BCUT2D eigenvalue weighted by molar-refractivity contribution is 7.15. The van der Waals surface area contributed by atoms with Gasteiger partial charge in [-0.1, -0.05) is 36.4 Å². The molecule has 4 heterocycles. The Morgan fingerprint density at radius 3 is 1.86 bits per heavy atom. The van der Waals surface area contributed by atoms with Gasteiger partial charge >= 0.3 is 0 Å². The normalized spacial score (nSPS) is 11.3. The van der Waals surface area contributed by atoms with Gasteiger partial charge in [0.2, 0.25) is 0 Å². The van der Waals surface area contributed by atoms with E-state index in [4.69, 9.17) is 20.2 Å². The molecule has 0 aliphatic carbocycles. The van der Waals surface area contributed by atoms with Crippen molar-refractivity contribution >= 4 is 49.9 Å². The number of nitrogens with two attached hydrogens (primary N) is 1. The van der Waals surface area contributed by atoms with E-state index in [0.717, 1.165) is 51.2 Å². The Morgan fingerprint density at radius 1 is 0.760 bits per heavy atom. The first kappa shape index (κ1) is 34.6. The monoisotopic (exact) mass is 708 g/mol. The van der Waals surface area contributed by atoms with Crippen LogP contribution in [-0.4, -0.2) is 76.9 Å². The van der Waals surface area contributed by atoms with Crippen molar-refractivity contribution in [3.05, 3.63) is 107 Å². The third-order valence-corrected chi connectivity index (χ3v) is 9.63. The number of methoxy groups -OCH3 is 2. The van der Waals surface area contributed by atoms with Crippen molar-refractivity contribution in [1.29, 1.82) is 0 Å². The highest BCUT2D eigenvalue weighted by atomic mass is 32.1. The van der Waals surface area contributed by atoms with Crippen LogP contribution in [0.15, 0.2) is 89.9 Å². The van der Waals surface area contributed by atoms with Gasteiger partial charge in [-0.25, -0.2) is 9.97 Å². The molecule has 0 bridgehead atoms. The molecule has 4 aromatic heterocycles. The standard InChI is InChI=1S/C23H24N4O3S.C14H16N4S/c1-26(2)12-16-14-31-23-25-19(13-27(16)23)17-7-5-6-8-18(17)24-22(28)15-9-10-20(29-3)21(11-15)30-4;1-17(2)7-10-9-19-14-16-13(8-18(10)14)11-5-3-4-6-12(11)15/h5-11,13-14H,12H2,1-4H3,(H,24,28);3-6,8-9H,7,15H2,1-2H3. The van der Waals surface area contributed by atoms with Crippen molar-refractivity contribution < 1.29 is 14.3 Å². The molecule has 0 saturated heterocycles. The van der Waals surface area contributed by atoms with Crippen molar-refractivity contribution in [2.75, 3.05) is 53.5 Å². The van der Waals surface area contributed by atoms with E-state index in [9.17, 15) is 4.79 Å². The first-order chi connectivity index (χ1) is 24.1. The average molecular weight is 709 g/mol. The number of anilines is 2. The van der Waals surface area contributed by atoms with E-state index in [1.165, 1.54) is 11.4 Å². The molecule has 0 fully saturated rings. The largest absolute Gasteiger partial charge is 0.493 e. The van der Waals surface area contributed by atoms with Gasteiger partial charge in [0.15, 0.2) is 21.4 Å². The van der Waals surface area contributed by atoms with Gasteiger partial charge in [-0.15, -0.1) is 22.7 Å². The number of nitrogens with one attached hydrogen (secondary N) is 1. The summed E-state index contributed by atoms with van der Waals surface area (Å²) in [5.74, 6) is 0.847. The Morgan fingerprint density at radius 2 is 1.30 bits per heavy atom. The van der Waals surface area contributed by atoms with Crippen LogP contribution in [0, 0.1) is 0 Å². The van der Waals surface area contributed by atoms with E-state index < -0.39 is 0 Å². The molecular weight excluding hydrogens is 669 g/mol. The maximum absolute atomic E-state index is 12.9. The lowest BCUT2D eigenvalue weighted by Crippen LogP contribution is -2.13. The van der Waals surface area contributed by atoms with Crippen molar-refractivity contribution in [2.45, 2.75) is 13.1 Å². The predicted molar refractivity (Wildman–Crippen MR) is 204 cm³/mol. The van der Waals surface area contributed by atoms with E-state index in [2.05, 4.69) is 60.0 Å². The molecule has 1 amide bonds. The fourth-order valence-corrected chi connectivity index (χ4v) is 7.24. The van der Waals surface area contributed by atoms with Crippen LogP contribution in [0.3, 0.4) is 0 Å². The van der Waals surface area contributed by atoms with Crippen molar-refractivity contribution in [1.82, 2.24) is 28.6 Å². The average Bonchev–Trinajstić information content (AvgIpc) is 3.88. The summed E-state index contributed by atoms with van der Waals surface area (Å²) < 4.78 is 14.8. The molecule has 0 saturated carbocycles. The first-order valence-electron chi connectivity index (χ1n) is 15.8. The van der Waals surface area contributed by atoms with Gasteiger partial charge in [0.1, 0.15) is 0 Å². The second-order valence-electron chi connectivity index (χ2n) is 12.1. The van der Waals surface area contributed by atoms with E-state index >= 15 is 0 Å². The van der Waals surface area contributed by atoms with Crippen molar-refractivity contribution in [3.63, 3.8) is 0 Å². The van der Waals surface area contributed by atoms with Crippen LogP contribution < -0.4 is 20.5 Å². The summed E-state index contributed by atoms with van der Waals surface area (Å²) in [5, 5.41) is 7.28. The van der Waals surface area contributed by atoms with Crippen LogP contribution in [0.2, 0.25) is 0 Å². The van der Waals surface area contributed by atoms with E-state index in [0.29, 0.717) is 22.7 Å². The second-order valence-corrected chi connectivity index (χ2v) is 13.8. The summed E-state index contributed by atoms with van der Waals surface area (Å²) in [6, 6.07) is 20.6. The van der Waals surface area contributed by atoms with Gasteiger partial charge in [0.25, 0.3) is 5.91 Å². The summed E-state index contributed by atoms with van der Waals surface area (Å²) in [6.45, 7) is 1.73. The van der Waals surface area contributed by atoms with E-state index in [1.54, 1.807) is 55.1 Å². The predicted octanol–water partition coefficient (Wildman–Crippen LogP) is 7.10. The highest BCUT2D eigenvalue weighted by Gasteiger charge is 2.17. The molecule has 0 aliphatic rings. The number of imidazole rings is 2. The van der Waals surface area contributed by atoms with Gasteiger partial charge in [0, 0.05) is 70.0 Å². The number of carbonyl (C=O) groups is 1. The fourth-order valence-electron chi connectivity index (χ4n) is 5.51. The number of nitrogen functional groups attached to an aromatic ring is 1. The van der Waals surface area contributed by atoms with Crippen LogP contribution in [0.4, 0.5) is 11.4 Å². The smallest absolute Gasteiger partial charge is 0.255 e. The number of rotatable bonds is 10. The number of nitrogens with zero attached hydrogens (tertiary/aromatic N) is 6. The number of benzene rings is 3. The minimum absolute atomic E-state index is 0.234. The van der Waals surface area contributed by atoms with Crippen LogP contribution >= 0.6 is 22.7 Å². The fraction of sp³-hybridized carbons (Fsp3) is 0.216. The molecule has 0 atom stereocenters. The lowest BCUT2D eigenvalue weighted by Gasteiger charge is -2.12. The highest BCUT2D eigenvalue weighted by Crippen LogP contribution is 2.32.